The Balaban J connectivity index is 1.34. The number of pyridine rings is 2. The van der Waals surface area contributed by atoms with Crippen molar-refractivity contribution in [3.8, 4) is 16.9 Å². The van der Waals surface area contributed by atoms with Crippen LogP contribution in [0.5, 0.6) is 5.75 Å². The van der Waals surface area contributed by atoms with E-state index in [9.17, 15) is 4.79 Å². The third-order valence-electron chi connectivity index (χ3n) is 5.36. The van der Waals surface area contributed by atoms with Crippen molar-refractivity contribution in [2.45, 2.75) is 19.1 Å². The summed E-state index contributed by atoms with van der Waals surface area (Å²) in [5.41, 5.74) is 8.93. The van der Waals surface area contributed by atoms with Crippen LogP contribution in [0.15, 0.2) is 54.9 Å². The van der Waals surface area contributed by atoms with E-state index in [1.54, 1.807) is 23.0 Å². The van der Waals surface area contributed by atoms with Crippen LogP contribution in [0.25, 0.3) is 16.8 Å². The number of nitrogens with two attached hydrogens (primary N) is 1. The first-order valence-electron chi connectivity index (χ1n) is 10.4. The lowest BCUT2D eigenvalue weighted by Gasteiger charge is -2.16. The van der Waals surface area contributed by atoms with Crippen molar-refractivity contribution in [1.82, 2.24) is 24.9 Å². The van der Waals surface area contributed by atoms with Crippen LogP contribution < -0.4 is 15.8 Å². The maximum Gasteiger partial charge on any atom is 0.254 e. The van der Waals surface area contributed by atoms with Gasteiger partial charge in [0, 0.05) is 36.5 Å². The van der Waals surface area contributed by atoms with Gasteiger partial charge >= 0.3 is 0 Å². The molecule has 1 saturated heterocycles. The Bertz CT molecular complexity index is 1320. The van der Waals surface area contributed by atoms with Crippen molar-refractivity contribution in [3.05, 3.63) is 71.1 Å². The Morgan fingerprint density at radius 2 is 2.15 bits per heavy atom. The zero-order valence-electron chi connectivity index (χ0n) is 17.6. The summed E-state index contributed by atoms with van der Waals surface area (Å²) in [6.45, 7) is 1.55. The average Bonchev–Trinajstić information content (AvgIpc) is 3.46. The van der Waals surface area contributed by atoms with Crippen molar-refractivity contribution in [1.29, 1.82) is 0 Å². The van der Waals surface area contributed by atoms with Gasteiger partial charge in [0.2, 0.25) is 5.95 Å². The highest BCUT2D eigenvalue weighted by atomic mass is 35.5. The van der Waals surface area contributed by atoms with Crippen molar-refractivity contribution in [2.24, 2.45) is 0 Å². The van der Waals surface area contributed by atoms with Crippen LogP contribution in [0.1, 0.15) is 22.3 Å². The van der Waals surface area contributed by atoms with Crippen LogP contribution in [-0.4, -0.2) is 44.8 Å². The van der Waals surface area contributed by atoms with Crippen LogP contribution in [0.3, 0.4) is 0 Å². The molecule has 1 unspecified atom stereocenters. The number of nitrogen functional groups attached to an aromatic ring is 1. The van der Waals surface area contributed by atoms with Gasteiger partial charge in [0.05, 0.1) is 18.8 Å². The molecule has 10 heteroatoms. The number of benzene rings is 1. The fourth-order valence-corrected chi connectivity index (χ4v) is 3.85. The number of amides is 1. The Morgan fingerprint density at radius 1 is 1.27 bits per heavy atom. The van der Waals surface area contributed by atoms with Crippen LogP contribution in [0.2, 0.25) is 5.15 Å². The number of hydrogen-bond acceptors (Lipinski definition) is 7. The molecule has 0 saturated carbocycles. The minimum Gasteiger partial charge on any atom is -0.488 e. The number of hydrogen-bond donors (Lipinski definition) is 2. The number of rotatable bonds is 6. The molecule has 0 aliphatic carbocycles. The van der Waals surface area contributed by atoms with Gasteiger partial charge in [-0.3, -0.25) is 4.79 Å². The number of ether oxygens (including phenoxy) is 2. The largest absolute Gasteiger partial charge is 0.488 e. The van der Waals surface area contributed by atoms with E-state index in [-0.39, 0.29) is 35.2 Å². The summed E-state index contributed by atoms with van der Waals surface area (Å²) in [5.74, 6) is 0.583. The Labute approximate surface area is 194 Å². The number of para-hydroxylation sites is 1. The molecule has 168 valence electrons. The summed E-state index contributed by atoms with van der Waals surface area (Å²) < 4.78 is 13.0. The molecule has 3 aromatic heterocycles. The molecular formula is C23H21ClN6O3. The normalized spacial score (nSPS) is 15.6. The number of anilines is 1. The third kappa shape index (κ3) is 4.59. The second-order valence-corrected chi connectivity index (χ2v) is 8.00. The summed E-state index contributed by atoms with van der Waals surface area (Å²) in [7, 11) is 0. The van der Waals surface area contributed by atoms with Gasteiger partial charge in [0.1, 0.15) is 17.0 Å². The quantitative estimate of drug-likeness (QED) is 0.421. The summed E-state index contributed by atoms with van der Waals surface area (Å²) in [5, 5.41) is 7.10. The summed E-state index contributed by atoms with van der Waals surface area (Å²) in [6.07, 6.45) is 4.23. The minimum absolute atomic E-state index is 0.0233. The van der Waals surface area contributed by atoms with E-state index < -0.39 is 0 Å². The summed E-state index contributed by atoms with van der Waals surface area (Å²) in [6, 6.07) is 13.0. The van der Waals surface area contributed by atoms with E-state index in [4.69, 9.17) is 26.8 Å². The molecule has 1 atom stereocenters. The predicted molar refractivity (Wildman–Crippen MR) is 123 cm³/mol. The maximum atomic E-state index is 13.0. The number of aromatic nitrogens is 4. The molecule has 9 nitrogen and oxygen atoms in total. The van der Waals surface area contributed by atoms with Gasteiger partial charge in [0.15, 0.2) is 5.65 Å². The fraction of sp³-hybridized carbons (Fsp3) is 0.217. The van der Waals surface area contributed by atoms with Gasteiger partial charge in [-0.2, -0.15) is 4.98 Å². The standard InChI is InChI=1S/C23H21ClN6O3/c24-21-18(9-16(12-26-21)14-5-7-30-20(10-14)28-23(25)29-30)22(31)27-11-15-3-1-2-4-19(15)33-17-6-8-32-13-17/h1-5,7,9-10,12,17H,6,8,11,13H2,(H2,25,29)(H,27,31). The van der Waals surface area contributed by atoms with Gasteiger partial charge in [-0.25, -0.2) is 9.50 Å². The lowest BCUT2D eigenvalue weighted by atomic mass is 10.1. The molecule has 1 amide bonds. The predicted octanol–water partition coefficient (Wildman–Crippen LogP) is 3.12. The number of nitrogens with zero attached hydrogens (tertiary/aromatic N) is 4. The van der Waals surface area contributed by atoms with E-state index in [1.807, 2.05) is 36.4 Å². The van der Waals surface area contributed by atoms with E-state index in [2.05, 4.69) is 20.4 Å². The highest BCUT2D eigenvalue weighted by Gasteiger charge is 2.19. The van der Waals surface area contributed by atoms with Crippen LogP contribution in [0, 0.1) is 0 Å². The second kappa shape index (κ2) is 9.05. The molecule has 1 aliphatic heterocycles. The van der Waals surface area contributed by atoms with Crippen molar-refractivity contribution < 1.29 is 14.3 Å². The molecule has 3 N–H and O–H groups in total. The minimum atomic E-state index is -0.332. The summed E-state index contributed by atoms with van der Waals surface area (Å²) >= 11 is 6.25. The highest BCUT2D eigenvalue weighted by molar-refractivity contribution is 6.32. The molecule has 1 fully saturated rings. The van der Waals surface area contributed by atoms with E-state index in [1.165, 1.54) is 0 Å². The Morgan fingerprint density at radius 3 is 3.00 bits per heavy atom. The molecule has 1 aromatic carbocycles. The lowest BCUT2D eigenvalue weighted by Crippen LogP contribution is -2.24. The molecule has 0 radical (unpaired) electrons. The molecule has 0 bridgehead atoms. The Hall–Kier alpha value is -3.69. The zero-order chi connectivity index (χ0) is 22.8. The van der Waals surface area contributed by atoms with Gasteiger partial charge < -0.3 is 20.5 Å². The molecule has 33 heavy (non-hydrogen) atoms. The molecule has 4 aromatic rings. The first-order chi connectivity index (χ1) is 16.1. The number of carbonyl (C=O) groups excluding carboxylic acids is 1. The first kappa shape index (κ1) is 21.2. The fourth-order valence-electron chi connectivity index (χ4n) is 3.66. The smallest absolute Gasteiger partial charge is 0.254 e. The van der Waals surface area contributed by atoms with Crippen LogP contribution in [0.4, 0.5) is 5.95 Å². The van der Waals surface area contributed by atoms with E-state index in [0.717, 1.165) is 28.9 Å². The number of nitrogens with one attached hydrogen (secondary N) is 1. The van der Waals surface area contributed by atoms with Crippen LogP contribution >= 0.6 is 11.6 Å². The molecule has 4 heterocycles. The highest BCUT2D eigenvalue weighted by Crippen LogP contribution is 2.25. The summed E-state index contributed by atoms with van der Waals surface area (Å²) in [4.78, 5) is 21.3. The average molecular weight is 465 g/mol. The molecular weight excluding hydrogens is 444 g/mol. The number of carbonyl (C=O) groups is 1. The molecule has 0 spiro atoms. The second-order valence-electron chi connectivity index (χ2n) is 7.64. The van der Waals surface area contributed by atoms with Gasteiger partial charge in [-0.1, -0.05) is 29.8 Å². The van der Waals surface area contributed by atoms with Gasteiger partial charge in [-0.05, 0) is 29.8 Å². The van der Waals surface area contributed by atoms with Crippen LogP contribution in [-0.2, 0) is 11.3 Å². The molecule has 1 aliphatic rings. The van der Waals surface area contributed by atoms with Crippen molar-refractivity contribution in [3.63, 3.8) is 0 Å². The third-order valence-corrected chi connectivity index (χ3v) is 5.67. The number of fused-ring (bicyclic) bond motifs is 1. The number of halogens is 1. The maximum absolute atomic E-state index is 13.0. The zero-order valence-corrected chi connectivity index (χ0v) is 18.3. The van der Waals surface area contributed by atoms with Gasteiger partial charge in [0.25, 0.3) is 5.91 Å². The van der Waals surface area contributed by atoms with Crippen molar-refractivity contribution >= 4 is 29.1 Å². The van der Waals surface area contributed by atoms with E-state index >= 15 is 0 Å². The van der Waals surface area contributed by atoms with E-state index in [0.29, 0.717) is 18.9 Å². The monoisotopic (exact) mass is 464 g/mol. The SMILES string of the molecule is Nc1nc2cc(-c3cnc(Cl)c(C(=O)NCc4ccccc4OC4CCOC4)c3)ccn2n1. The first-order valence-corrected chi connectivity index (χ1v) is 10.8. The van der Waals surface area contributed by atoms with Crippen molar-refractivity contribution in [2.75, 3.05) is 18.9 Å². The topological polar surface area (TPSA) is 117 Å². The van der Waals surface area contributed by atoms with Gasteiger partial charge in [-0.15, -0.1) is 5.10 Å². The molecule has 5 rings (SSSR count). The Kier molecular flexibility index (Phi) is 5.80. The lowest BCUT2D eigenvalue weighted by molar-refractivity contribution is 0.0950.